The molecule has 3 aromatic rings. The summed E-state index contributed by atoms with van der Waals surface area (Å²) >= 11 is 13.2. The Morgan fingerprint density at radius 3 is 1.94 bits per heavy atom. The molecule has 3 aromatic carbocycles. The van der Waals surface area contributed by atoms with E-state index in [-0.39, 0.29) is 25.2 Å². The minimum absolute atomic E-state index is 0.215. The van der Waals surface area contributed by atoms with Crippen molar-refractivity contribution >= 4 is 153 Å². The van der Waals surface area contributed by atoms with Gasteiger partial charge in [0.15, 0.2) is 0 Å². The van der Waals surface area contributed by atoms with Gasteiger partial charge in [-0.1, -0.05) is 18.2 Å². The Balaban J connectivity index is 1.63. The lowest BCUT2D eigenvalue weighted by Crippen LogP contribution is -2.32. The second-order valence-electron chi connectivity index (χ2n) is 7.06. The number of para-hydroxylation sites is 1. The van der Waals surface area contributed by atoms with E-state index in [2.05, 4.69) is 140 Å². The number of carbonyl (C=O) groups is 2. The van der Waals surface area contributed by atoms with Crippen LogP contribution in [0.25, 0.3) is 0 Å². The summed E-state index contributed by atoms with van der Waals surface area (Å²) in [4.78, 5) is 27.5. The molecule has 0 amide bonds. The largest absolute Gasteiger partial charge is 0.460 e. The molecule has 184 valence electrons. The van der Waals surface area contributed by atoms with Gasteiger partial charge < -0.3 is 14.4 Å². The molecule has 0 saturated heterocycles. The number of rotatable bonds is 9. The molecule has 0 heterocycles. The molecular formula is C24H17I6NO4. The van der Waals surface area contributed by atoms with Gasteiger partial charge in [0, 0.05) is 27.1 Å². The Hall–Kier alpha value is 0.780. The lowest BCUT2D eigenvalue weighted by atomic mass is 10.2. The molecule has 0 spiro atoms. The summed E-state index contributed by atoms with van der Waals surface area (Å²) < 4.78 is 16.9. The fourth-order valence-electron chi connectivity index (χ4n) is 3.07. The first kappa shape index (κ1) is 30.3. The van der Waals surface area contributed by atoms with Gasteiger partial charge in [0.05, 0.1) is 24.2 Å². The fraction of sp³-hybridized carbons (Fsp3) is 0.167. The van der Waals surface area contributed by atoms with Crippen LogP contribution in [0.5, 0.6) is 0 Å². The van der Waals surface area contributed by atoms with E-state index >= 15 is 0 Å². The van der Waals surface area contributed by atoms with Gasteiger partial charge in [-0.2, -0.15) is 0 Å². The van der Waals surface area contributed by atoms with E-state index in [0.29, 0.717) is 24.2 Å². The molecule has 0 unspecified atom stereocenters. The van der Waals surface area contributed by atoms with Crippen LogP contribution >= 0.6 is 136 Å². The predicted molar refractivity (Wildman–Crippen MR) is 188 cm³/mol. The van der Waals surface area contributed by atoms with Gasteiger partial charge in [-0.25, -0.2) is 9.59 Å². The van der Waals surface area contributed by atoms with Crippen LogP contribution < -0.4 is 4.90 Å². The zero-order valence-corrected chi connectivity index (χ0v) is 30.8. The Kier molecular flexibility index (Phi) is 12.8. The molecule has 35 heavy (non-hydrogen) atoms. The number of hydrogen-bond donors (Lipinski definition) is 0. The summed E-state index contributed by atoms with van der Waals surface area (Å²) in [6.07, 6.45) is 0. The van der Waals surface area contributed by atoms with Crippen molar-refractivity contribution in [1.29, 1.82) is 0 Å². The molecule has 0 aliphatic carbocycles. The number of carbonyl (C=O) groups excluding carboxylic acids is 2. The fourth-order valence-corrected chi connectivity index (χ4v) is 7.78. The monoisotopic (exact) mass is 1140 g/mol. The number of hydrogen-bond acceptors (Lipinski definition) is 5. The zero-order chi connectivity index (χ0) is 25.5. The van der Waals surface area contributed by atoms with Crippen LogP contribution in [-0.2, 0) is 9.47 Å². The molecule has 0 aliphatic rings. The smallest absolute Gasteiger partial charge is 0.340 e. The minimum atomic E-state index is -0.340. The van der Waals surface area contributed by atoms with Crippen molar-refractivity contribution in [2.45, 2.75) is 0 Å². The van der Waals surface area contributed by atoms with Crippen molar-refractivity contribution < 1.29 is 19.1 Å². The van der Waals surface area contributed by atoms with Gasteiger partial charge in [-0.15, -0.1) is 0 Å². The van der Waals surface area contributed by atoms with Crippen LogP contribution in [0.2, 0.25) is 0 Å². The maximum Gasteiger partial charge on any atom is 0.340 e. The van der Waals surface area contributed by atoms with E-state index in [0.717, 1.165) is 27.1 Å². The summed E-state index contributed by atoms with van der Waals surface area (Å²) in [5.41, 5.74) is 2.14. The van der Waals surface area contributed by atoms with Crippen molar-refractivity contribution in [2.24, 2.45) is 0 Å². The Labute approximate surface area is 286 Å². The third-order valence-electron chi connectivity index (χ3n) is 4.77. The minimum Gasteiger partial charge on any atom is -0.460 e. The number of esters is 2. The molecular weight excluding hydrogens is 1130 g/mol. The SMILES string of the molecule is O=C(OCCN(CCOC(=O)c1c(I)ccc(I)c1I)c1ccccc1)c1cc(I)cc(I)c1I. The third kappa shape index (κ3) is 8.64. The number of halogens is 6. The van der Waals surface area contributed by atoms with Gasteiger partial charge in [-0.3, -0.25) is 0 Å². The number of anilines is 1. The highest BCUT2D eigenvalue weighted by Gasteiger charge is 2.19. The molecule has 0 aromatic heterocycles. The van der Waals surface area contributed by atoms with Crippen LogP contribution in [0.1, 0.15) is 20.7 Å². The molecule has 0 bridgehead atoms. The summed E-state index contributed by atoms with van der Waals surface area (Å²) in [6.45, 7) is 1.38. The van der Waals surface area contributed by atoms with E-state index in [1.54, 1.807) is 0 Å². The Morgan fingerprint density at radius 1 is 0.686 bits per heavy atom. The third-order valence-corrected chi connectivity index (χ3v) is 12.4. The second-order valence-corrected chi connectivity index (χ2v) is 14.0. The first-order valence-corrected chi connectivity index (χ1v) is 16.6. The summed E-state index contributed by atoms with van der Waals surface area (Å²) in [7, 11) is 0. The molecule has 5 nitrogen and oxygen atoms in total. The first-order chi connectivity index (χ1) is 16.7. The molecule has 0 atom stereocenters. The maximum absolute atomic E-state index is 12.8. The van der Waals surface area contributed by atoms with E-state index in [4.69, 9.17) is 9.47 Å². The van der Waals surface area contributed by atoms with Crippen LogP contribution in [0.15, 0.2) is 54.6 Å². The van der Waals surface area contributed by atoms with Crippen LogP contribution in [0.4, 0.5) is 5.69 Å². The van der Waals surface area contributed by atoms with Gasteiger partial charge >= 0.3 is 11.9 Å². The van der Waals surface area contributed by atoms with Crippen LogP contribution in [-0.4, -0.2) is 38.2 Å². The predicted octanol–water partition coefficient (Wildman–Crippen LogP) is 7.83. The highest BCUT2D eigenvalue weighted by molar-refractivity contribution is 14.1. The summed E-state index contributed by atoms with van der Waals surface area (Å²) in [5, 5.41) is 0. The average molecular weight is 1140 g/mol. The molecule has 0 fully saturated rings. The zero-order valence-electron chi connectivity index (χ0n) is 17.9. The van der Waals surface area contributed by atoms with E-state index in [9.17, 15) is 9.59 Å². The van der Waals surface area contributed by atoms with Crippen LogP contribution in [0, 0.1) is 21.4 Å². The molecule has 0 N–H and O–H groups in total. The number of ether oxygens (including phenoxy) is 2. The quantitative estimate of drug-likeness (QED) is 0.124. The van der Waals surface area contributed by atoms with Crippen molar-refractivity contribution in [3.63, 3.8) is 0 Å². The van der Waals surface area contributed by atoms with Gasteiger partial charge in [-0.05, 0) is 172 Å². The van der Waals surface area contributed by atoms with Crippen molar-refractivity contribution in [2.75, 3.05) is 31.2 Å². The maximum atomic E-state index is 12.8. The van der Waals surface area contributed by atoms with Crippen molar-refractivity contribution in [1.82, 2.24) is 0 Å². The van der Waals surface area contributed by atoms with Crippen molar-refractivity contribution in [3.8, 4) is 0 Å². The summed E-state index contributed by atoms with van der Waals surface area (Å²) in [5.74, 6) is -0.673. The highest BCUT2D eigenvalue weighted by Crippen LogP contribution is 2.26. The topological polar surface area (TPSA) is 55.8 Å². The first-order valence-electron chi connectivity index (χ1n) is 10.1. The second kappa shape index (κ2) is 14.8. The van der Waals surface area contributed by atoms with Gasteiger partial charge in [0.1, 0.15) is 13.2 Å². The lowest BCUT2D eigenvalue weighted by Gasteiger charge is -2.24. The molecule has 0 saturated carbocycles. The molecule has 3 rings (SSSR count). The van der Waals surface area contributed by atoms with Gasteiger partial charge in [0.25, 0.3) is 0 Å². The summed E-state index contributed by atoms with van der Waals surface area (Å²) in [6, 6.07) is 17.6. The lowest BCUT2D eigenvalue weighted by molar-refractivity contribution is 0.0502. The highest BCUT2D eigenvalue weighted by atomic mass is 127. The normalized spacial score (nSPS) is 10.7. The van der Waals surface area contributed by atoms with Gasteiger partial charge in [0.2, 0.25) is 0 Å². The average Bonchev–Trinajstić information content (AvgIpc) is 2.83. The Morgan fingerprint density at radius 2 is 1.29 bits per heavy atom. The van der Waals surface area contributed by atoms with Crippen LogP contribution in [0.3, 0.4) is 0 Å². The van der Waals surface area contributed by atoms with E-state index < -0.39 is 0 Å². The standard InChI is InChI=1S/C24H17I6NO4/c25-14-12-16(21(29)19(28)13-14)23(32)34-10-8-31(15-4-2-1-3-5-15)9-11-35-24(33)20-17(26)6-7-18(27)22(20)30/h1-7,12-13H,8-11H2. The van der Waals surface area contributed by atoms with Crippen molar-refractivity contribution in [3.05, 3.63) is 87.1 Å². The number of benzene rings is 3. The van der Waals surface area contributed by atoms with E-state index in [1.807, 2.05) is 54.6 Å². The Bertz CT molecular complexity index is 1220. The number of nitrogens with zero attached hydrogens (tertiary/aromatic N) is 1. The molecule has 0 radical (unpaired) electrons. The molecule has 0 aliphatic heterocycles. The van der Waals surface area contributed by atoms with E-state index in [1.165, 1.54) is 0 Å². The molecule has 11 heteroatoms.